The van der Waals surface area contributed by atoms with Crippen LogP contribution in [0.1, 0.15) is 13.3 Å². The molecular formula is C8H14N2O4S. The summed E-state index contributed by atoms with van der Waals surface area (Å²) in [7, 11) is 0. The van der Waals surface area contributed by atoms with Crippen molar-refractivity contribution < 1.29 is 19.5 Å². The summed E-state index contributed by atoms with van der Waals surface area (Å²) >= 11 is 1.18. The minimum Gasteiger partial charge on any atom is -0.481 e. The molecule has 0 saturated carbocycles. The van der Waals surface area contributed by atoms with Crippen molar-refractivity contribution in [3.8, 4) is 0 Å². The number of imide groups is 1. The predicted octanol–water partition coefficient (Wildman–Crippen LogP) is 0.0400. The van der Waals surface area contributed by atoms with Gasteiger partial charge in [-0.05, 0) is 6.92 Å². The van der Waals surface area contributed by atoms with Crippen molar-refractivity contribution in [3.63, 3.8) is 0 Å². The second-order valence-corrected chi connectivity index (χ2v) is 3.71. The normalized spacial score (nSPS) is 9.40. The lowest BCUT2D eigenvalue weighted by Crippen LogP contribution is -2.40. The lowest BCUT2D eigenvalue weighted by molar-refractivity contribution is -0.136. The van der Waals surface area contributed by atoms with Crippen molar-refractivity contribution in [2.75, 3.05) is 18.1 Å². The molecule has 0 spiro atoms. The molecule has 0 saturated heterocycles. The van der Waals surface area contributed by atoms with Crippen LogP contribution < -0.4 is 10.6 Å². The molecule has 3 amide bonds. The molecule has 0 aromatic carbocycles. The van der Waals surface area contributed by atoms with E-state index in [1.807, 2.05) is 0 Å². The number of amides is 3. The quantitative estimate of drug-likeness (QED) is 0.564. The predicted molar refractivity (Wildman–Crippen MR) is 56.8 cm³/mol. The van der Waals surface area contributed by atoms with Gasteiger partial charge in [-0.3, -0.25) is 14.9 Å². The molecule has 0 rings (SSSR count). The first kappa shape index (κ1) is 13.8. The minimum atomic E-state index is -0.897. The first-order valence-electron chi connectivity index (χ1n) is 4.43. The molecular weight excluding hydrogens is 220 g/mol. The maximum atomic E-state index is 11.0. The van der Waals surface area contributed by atoms with E-state index in [0.29, 0.717) is 12.3 Å². The molecule has 0 aromatic heterocycles. The minimum absolute atomic E-state index is 0.0130. The number of carboxylic acids is 1. The summed E-state index contributed by atoms with van der Waals surface area (Å²) < 4.78 is 0. The zero-order valence-electron chi connectivity index (χ0n) is 8.41. The second-order valence-electron chi connectivity index (χ2n) is 2.60. The van der Waals surface area contributed by atoms with E-state index in [-0.39, 0.29) is 12.2 Å². The molecule has 0 unspecified atom stereocenters. The molecule has 3 N–H and O–H groups in total. The molecule has 86 valence electrons. The van der Waals surface area contributed by atoms with E-state index < -0.39 is 17.9 Å². The van der Waals surface area contributed by atoms with Crippen LogP contribution in [0.3, 0.4) is 0 Å². The number of carboxylic acid groups (broad SMARTS) is 1. The number of thioether (sulfide) groups is 1. The van der Waals surface area contributed by atoms with Crippen LogP contribution in [0.5, 0.6) is 0 Å². The monoisotopic (exact) mass is 234 g/mol. The van der Waals surface area contributed by atoms with Crippen LogP contribution in [0, 0.1) is 0 Å². The highest BCUT2D eigenvalue weighted by molar-refractivity contribution is 7.99. The van der Waals surface area contributed by atoms with Crippen molar-refractivity contribution in [3.05, 3.63) is 0 Å². The van der Waals surface area contributed by atoms with Gasteiger partial charge in [-0.25, -0.2) is 4.79 Å². The Bertz CT molecular complexity index is 245. The van der Waals surface area contributed by atoms with Gasteiger partial charge in [0.1, 0.15) is 0 Å². The van der Waals surface area contributed by atoms with Gasteiger partial charge in [-0.15, -0.1) is 0 Å². The van der Waals surface area contributed by atoms with Crippen LogP contribution in [0.25, 0.3) is 0 Å². The summed E-state index contributed by atoms with van der Waals surface area (Å²) in [4.78, 5) is 32.0. The van der Waals surface area contributed by atoms with Gasteiger partial charge in [-0.1, -0.05) is 0 Å². The Morgan fingerprint density at radius 3 is 2.53 bits per heavy atom. The maximum Gasteiger partial charge on any atom is 0.321 e. The molecule has 15 heavy (non-hydrogen) atoms. The Morgan fingerprint density at radius 2 is 2.00 bits per heavy atom. The van der Waals surface area contributed by atoms with Crippen LogP contribution in [0.4, 0.5) is 4.79 Å². The Hall–Kier alpha value is -1.24. The summed E-state index contributed by atoms with van der Waals surface area (Å²) in [6.07, 6.45) is 0.0130. The summed E-state index contributed by atoms with van der Waals surface area (Å²) in [5.41, 5.74) is 0. The van der Waals surface area contributed by atoms with Crippen LogP contribution in [-0.4, -0.2) is 41.1 Å². The van der Waals surface area contributed by atoms with Gasteiger partial charge in [0.15, 0.2) is 0 Å². The third-order valence-corrected chi connectivity index (χ3v) is 2.24. The third-order valence-electron chi connectivity index (χ3n) is 1.28. The van der Waals surface area contributed by atoms with Gasteiger partial charge in [0, 0.05) is 12.3 Å². The average molecular weight is 234 g/mol. The van der Waals surface area contributed by atoms with Crippen molar-refractivity contribution in [2.24, 2.45) is 0 Å². The number of carbonyl (C=O) groups is 3. The molecule has 0 atom stereocenters. The molecule has 0 heterocycles. The van der Waals surface area contributed by atoms with E-state index in [4.69, 9.17) is 5.11 Å². The van der Waals surface area contributed by atoms with E-state index in [1.165, 1.54) is 11.8 Å². The fourth-order valence-corrected chi connectivity index (χ4v) is 1.41. The largest absolute Gasteiger partial charge is 0.481 e. The number of carbonyl (C=O) groups excluding carboxylic acids is 2. The van der Waals surface area contributed by atoms with Crippen molar-refractivity contribution >= 4 is 29.7 Å². The summed E-state index contributed by atoms with van der Waals surface area (Å²) in [5.74, 6) is -0.870. The van der Waals surface area contributed by atoms with Crippen LogP contribution in [-0.2, 0) is 9.59 Å². The molecule has 6 nitrogen and oxygen atoms in total. The van der Waals surface area contributed by atoms with E-state index in [1.54, 1.807) is 6.92 Å². The number of nitrogens with one attached hydrogen (secondary N) is 2. The fraction of sp³-hybridized carbons (Fsp3) is 0.625. The first-order valence-corrected chi connectivity index (χ1v) is 5.59. The third kappa shape index (κ3) is 9.07. The summed E-state index contributed by atoms with van der Waals surface area (Å²) in [6, 6.07) is -0.527. The van der Waals surface area contributed by atoms with Crippen molar-refractivity contribution in [2.45, 2.75) is 13.3 Å². The standard InChI is InChI=1S/C8H14N2O4S/c1-2-9-8(14)10-6(11)5-15-4-3-7(12)13/h2-5H2,1H3,(H,12,13)(H2,9,10,11,14). The number of rotatable bonds is 6. The molecule has 0 aliphatic rings. The van der Waals surface area contributed by atoms with Crippen molar-refractivity contribution in [1.82, 2.24) is 10.6 Å². The topological polar surface area (TPSA) is 95.5 Å². The summed E-state index contributed by atoms with van der Waals surface area (Å²) in [6.45, 7) is 2.19. The zero-order valence-corrected chi connectivity index (χ0v) is 9.23. The van der Waals surface area contributed by atoms with Gasteiger partial charge in [-0.2, -0.15) is 11.8 Å². The van der Waals surface area contributed by atoms with Crippen LogP contribution >= 0.6 is 11.8 Å². The Morgan fingerprint density at radius 1 is 1.33 bits per heavy atom. The lowest BCUT2D eigenvalue weighted by atomic mass is 10.5. The zero-order chi connectivity index (χ0) is 11.7. The lowest BCUT2D eigenvalue weighted by Gasteiger charge is -2.03. The van der Waals surface area contributed by atoms with E-state index in [2.05, 4.69) is 10.6 Å². The highest BCUT2D eigenvalue weighted by Crippen LogP contribution is 2.01. The Labute approximate surface area is 91.8 Å². The number of hydrogen-bond donors (Lipinski definition) is 3. The molecule has 0 radical (unpaired) electrons. The first-order chi connectivity index (χ1) is 7.06. The number of aliphatic carboxylic acids is 1. The molecule has 0 bridgehead atoms. The number of urea groups is 1. The van der Waals surface area contributed by atoms with Gasteiger partial charge in [0.25, 0.3) is 0 Å². The molecule has 0 aliphatic carbocycles. The molecule has 0 fully saturated rings. The second kappa shape index (κ2) is 8.10. The van der Waals surface area contributed by atoms with E-state index in [0.717, 1.165) is 0 Å². The van der Waals surface area contributed by atoms with Crippen LogP contribution in [0.2, 0.25) is 0 Å². The SMILES string of the molecule is CCNC(=O)NC(=O)CSCCC(=O)O. The highest BCUT2D eigenvalue weighted by Gasteiger charge is 2.06. The van der Waals surface area contributed by atoms with Gasteiger partial charge < -0.3 is 10.4 Å². The average Bonchev–Trinajstić information content (AvgIpc) is 2.12. The highest BCUT2D eigenvalue weighted by atomic mass is 32.2. The Balaban J connectivity index is 3.49. The molecule has 0 aliphatic heterocycles. The van der Waals surface area contributed by atoms with Crippen molar-refractivity contribution in [1.29, 1.82) is 0 Å². The van der Waals surface area contributed by atoms with Gasteiger partial charge in [0.05, 0.1) is 12.2 Å². The van der Waals surface area contributed by atoms with Gasteiger partial charge >= 0.3 is 12.0 Å². The van der Waals surface area contributed by atoms with Gasteiger partial charge in [0.2, 0.25) is 5.91 Å². The Kier molecular flexibility index (Phi) is 7.43. The molecule has 0 aromatic rings. The summed E-state index contributed by atoms with van der Waals surface area (Å²) in [5, 5.41) is 12.8. The van der Waals surface area contributed by atoms with E-state index in [9.17, 15) is 14.4 Å². The van der Waals surface area contributed by atoms with Crippen LogP contribution in [0.15, 0.2) is 0 Å². The fourth-order valence-electron chi connectivity index (χ4n) is 0.692. The maximum absolute atomic E-state index is 11.0. The smallest absolute Gasteiger partial charge is 0.321 e. The number of hydrogen-bond acceptors (Lipinski definition) is 4. The molecule has 7 heteroatoms. The van der Waals surface area contributed by atoms with E-state index >= 15 is 0 Å².